The molecule has 1 N–H and O–H groups in total. The molecule has 4 rings (SSSR count). The minimum absolute atomic E-state index is 0.202. The van der Waals surface area contributed by atoms with Gasteiger partial charge in [0.05, 0.1) is 5.71 Å². The average molecular weight is 319 g/mol. The molecular formula is C17H19ClN2O2. The van der Waals surface area contributed by atoms with Crippen LogP contribution in [0.1, 0.15) is 27.2 Å². The zero-order chi connectivity index (χ0) is 15.9. The second-order valence-electron chi connectivity index (χ2n) is 6.58. The minimum atomic E-state index is -0.597. The predicted octanol–water partition coefficient (Wildman–Crippen LogP) is 4.87. The van der Waals surface area contributed by atoms with Crippen molar-refractivity contribution >= 4 is 29.1 Å². The Morgan fingerprint density at radius 1 is 1.32 bits per heavy atom. The number of hydrogen-bond acceptors (Lipinski definition) is 3. The van der Waals surface area contributed by atoms with Crippen molar-refractivity contribution in [2.45, 2.75) is 27.2 Å². The van der Waals surface area contributed by atoms with E-state index in [2.05, 4.69) is 31.2 Å². The molecule has 116 valence electrons. The molecule has 1 fully saturated rings. The highest BCUT2D eigenvalue weighted by Gasteiger charge is 2.53. The molecule has 0 radical (unpaired) electrons. The number of nitrogens with zero attached hydrogens (tertiary/aromatic N) is 1. The first kappa shape index (κ1) is 15.1. The van der Waals surface area contributed by atoms with Gasteiger partial charge in [0.15, 0.2) is 0 Å². The number of anilines is 1. The van der Waals surface area contributed by atoms with E-state index in [9.17, 15) is 4.79 Å². The Balaban J connectivity index is 1.65. The SMILES string of the molecule is CC1=C/C(=N/OC(=O)Nc2ccc(Cl)cc2)C2CC1C2(C)C. The van der Waals surface area contributed by atoms with Crippen LogP contribution in [0, 0.1) is 17.3 Å². The molecule has 1 saturated carbocycles. The first-order chi connectivity index (χ1) is 10.4. The fourth-order valence-corrected chi connectivity index (χ4v) is 3.62. The number of nitrogens with one attached hydrogen (secondary N) is 1. The fourth-order valence-electron chi connectivity index (χ4n) is 3.49. The molecule has 1 aromatic carbocycles. The maximum atomic E-state index is 11.8. The summed E-state index contributed by atoms with van der Waals surface area (Å²) in [6, 6.07) is 6.82. The van der Waals surface area contributed by atoms with Crippen molar-refractivity contribution in [3.63, 3.8) is 0 Å². The van der Waals surface area contributed by atoms with E-state index in [1.54, 1.807) is 24.3 Å². The number of amides is 1. The van der Waals surface area contributed by atoms with Crippen molar-refractivity contribution in [1.82, 2.24) is 0 Å². The van der Waals surface area contributed by atoms with E-state index in [1.165, 1.54) is 5.57 Å². The quantitative estimate of drug-likeness (QED) is 0.625. The molecule has 1 aromatic rings. The van der Waals surface area contributed by atoms with Crippen LogP contribution in [0.3, 0.4) is 0 Å². The summed E-state index contributed by atoms with van der Waals surface area (Å²) < 4.78 is 0. The smallest absolute Gasteiger partial charge is 0.298 e. The van der Waals surface area contributed by atoms with E-state index in [-0.39, 0.29) is 5.41 Å². The predicted molar refractivity (Wildman–Crippen MR) is 88.1 cm³/mol. The van der Waals surface area contributed by atoms with E-state index < -0.39 is 6.09 Å². The number of oxime groups is 1. The summed E-state index contributed by atoms with van der Waals surface area (Å²) in [5.41, 5.74) is 2.99. The van der Waals surface area contributed by atoms with Crippen molar-refractivity contribution < 1.29 is 9.63 Å². The van der Waals surface area contributed by atoms with Crippen molar-refractivity contribution in [2.24, 2.45) is 22.4 Å². The zero-order valence-corrected chi connectivity index (χ0v) is 13.6. The highest BCUT2D eigenvalue weighted by molar-refractivity contribution is 6.30. The summed E-state index contributed by atoms with van der Waals surface area (Å²) in [7, 11) is 0. The van der Waals surface area contributed by atoms with Crippen molar-refractivity contribution in [3.8, 4) is 0 Å². The van der Waals surface area contributed by atoms with Gasteiger partial charge < -0.3 is 0 Å². The molecule has 2 bridgehead atoms. The molecule has 2 atom stereocenters. The molecular weight excluding hydrogens is 300 g/mol. The molecule has 0 saturated heterocycles. The van der Waals surface area contributed by atoms with Crippen LogP contribution in [0.15, 0.2) is 41.1 Å². The number of benzene rings is 1. The third kappa shape index (κ3) is 2.63. The van der Waals surface area contributed by atoms with Crippen LogP contribution >= 0.6 is 11.6 Å². The largest absolute Gasteiger partial charge is 0.437 e. The lowest BCUT2D eigenvalue weighted by molar-refractivity contribution is 0.0440. The summed E-state index contributed by atoms with van der Waals surface area (Å²) in [4.78, 5) is 16.8. The Morgan fingerprint density at radius 2 is 2.00 bits per heavy atom. The van der Waals surface area contributed by atoms with Crippen LogP contribution in [-0.2, 0) is 4.84 Å². The summed E-state index contributed by atoms with van der Waals surface area (Å²) in [6.07, 6.45) is 2.54. The number of carbonyl (C=O) groups excluding carboxylic acids is 1. The highest BCUT2D eigenvalue weighted by Crippen LogP contribution is 2.58. The molecule has 4 nitrogen and oxygen atoms in total. The van der Waals surface area contributed by atoms with Crippen molar-refractivity contribution in [1.29, 1.82) is 0 Å². The molecule has 22 heavy (non-hydrogen) atoms. The van der Waals surface area contributed by atoms with Crippen LogP contribution in [0.4, 0.5) is 10.5 Å². The molecule has 5 heteroatoms. The second-order valence-corrected chi connectivity index (χ2v) is 7.01. The molecule has 0 heterocycles. The van der Waals surface area contributed by atoms with Crippen LogP contribution in [0.25, 0.3) is 0 Å². The van der Waals surface area contributed by atoms with Crippen molar-refractivity contribution in [2.75, 3.05) is 5.32 Å². The van der Waals surface area contributed by atoms with Gasteiger partial charge in [-0.15, -0.1) is 0 Å². The van der Waals surface area contributed by atoms with Gasteiger partial charge >= 0.3 is 6.09 Å². The Hall–Kier alpha value is -1.81. The Labute approximate surface area is 135 Å². The Kier molecular flexibility index (Phi) is 3.73. The van der Waals surface area contributed by atoms with E-state index in [0.29, 0.717) is 22.5 Å². The Morgan fingerprint density at radius 3 is 2.59 bits per heavy atom. The van der Waals surface area contributed by atoms with Crippen LogP contribution in [0.2, 0.25) is 5.02 Å². The molecule has 0 spiro atoms. The minimum Gasteiger partial charge on any atom is -0.298 e. The lowest BCUT2D eigenvalue weighted by atomic mass is 9.48. The maximum Gasteiger partial charge on any atom is 0.437 e. The Bertz CT molecular complexity index is 662. The van der Waals surface area contributed by atoms with Crippen LogP contribution in [0.5, 0.6) is 0 Å². The van der Waals surface area contributed by atoms with Gasteiger partial charge in [-0.25, -0.2) is 4.79 Å². The topological polar surface area (TPSA) is 50.7 Å². The third-order valence-electron chi connectivity index (χ3n) is 4.87. The molecule has 0 aliphatic heterocycles. The normalized spacial score (nSPS) is 26.9. The van der Waals surface area contributed by atoms with E-state index in [1.807, 2.05) is 6.08 Å². The van der Waals surface area contributed by atoms with Gasteiger partial charge in [0.2, 0.25) is 0 Å². The monoisotopic (exact) mass is 318 g/mol. The van der Waals surface area contributed by atoms with Gasteiger partial charge in [-0.05, 0) is 55.0 Å². The maximum absolute atomic E-state index is 11.8. The lowest BCUT2D eigenvalue weighted by Gasteiger charge is -2.55. The molecule has 3 aliphatic carbocycles. The van der Waals surface area contributed by atoms with Gasteiger partial charge in [0, 0.05) is 16.6 Å². The van der Waals surface area contributed by atoms with Gasteiger partial charge in [-0.2, -0.15) is 0 Å². The van der Waals surface area contributed by atoms with Crippen molar-refractivity contribution in [3.05, 3.63) is 40.9 Å². The van der Waals surface area contributed by atoms with E-state index in [0.717, 1.165) is 12.1 Å². The number of hydrogen-bond donors (Lipinski definition) is 1. The van der Waals surface area contributed by atoms with Gasteiger partial charge in [-0.1, -0.05) is 36.2 Å². The van der Waals surface area contributed by atoms with Crippen LogP contribution < -0.4 is 5.32 Å². The number of rotatable bonds is 2. The van der Waals surface area contributed by atoms with Gasteiger partial charge in [0.25, 0.3) is 0 Å². The number of allylic oxidation sites excluding steroid dienone is 2. The summed E-state index contributed by atoms with van der Waals surface area (Å²) in [5, 5.41) is 7.30. The summed E-state index contributed by atoms with van der Waals surface area (Å²) in [5.74, 6) is 0.990. The number of carbonyl (C=O) groups is 1. The first-order valence-corrected chi connectivity index (χ1v) is 7.75. The number of fused-ring (bicyclic) bond motifs is 1. The van der Waals surface area contributed by atoms with Gasteiger partial charge in [0.1, 0.15) is 0 Å². The second kappa shape index (κ2) is 5.43. The zero-order valence-electron chi connectivity index (χ0n) is 12.9. The first-order valence-electron chi connectivity index (χ1n) is 7.37. The highest BCUT2D eigenvalue weighted by atomic mass is 35.5. The summed E-state index contributed by atoms with van der Waals surface area (Å²) in [6.45, 7) is 6.60. The molecule has 0 aromatic heterocycles. The van der Waals surface area contributed by atoms with Crippen LogP contribution in [-0.4, -0.2) is 11.8 Å². The standard InChI is InChI=1S/C17H19ClN2O2/c1-10-8-15(14-9-13(10)17(14,2)3)20-22-16(21)19-12-6-4-11(18)5-7-12/h4-8,13-14H,9H2,1-3H3,(H,19,21)/b20-15-. The average Bonchev–Trinajstić information content (AvgIpc) is 2.46. The fraction of sp³-hybridized carbons (Fsp3) is 0.412. The molecule has 1 amide bonds. The number of halogens is 1. The molecule has 3 aliphatic rings. The van der Waals surface area contributed by atoms with E-state index >= 15 is 0 Å². The van der Waals surface area contributed by atoms with E-state index in [4.69, 9.17) is 16.4 Å². The molecule has 2 unspecified atom stereocenters. The van der Waals surface area contributed by atoms with Gasteiger partial charge in [-0.3, -0.25) is 10.2 Å². The lowest BCUT2D eigenvalue weighted by Crippen LogP contribution is -2.52. The summed E-state index contributed by atoms with van der Waals surface area (Å²) >= 11 is 5.80. The third-order valence-corrected chi connectivity index (χ3v) is 5.13.